The van der Waals surface area contributed by atoms with Crippen LogP contribution in [0.1, 0.15) is 40.2 Å². The monoisotopic (exact) mass is 547 g/mol. The van der Waals surface area contributed by atoms with Gasteiger partial charge in [0, 0.05) is 11.0 Å². The molecule has 0 aromatic heterocycles. The minimum absolute atomic E-state index is 0. The number of aryl methyl sites for hydroxylation is 1. The van der Waals surface area contributed by atoms with Gasteiger partial charge in [-0.1, -0.05) is 82.5 Å². The van der Waals surface area contributed by atoms with Gasteiger partial charge >= 0.3 is 26.2 Å². The standard InChI is InChI=1S/C16H13.C8H11.C2H6.CH3.2ClH.Si.Zr/c1-12-10-14-8-5-9-15(16(14)11-12)13-6-3-2-4-7-13;1-6-4-7(2)8(3)5-6;1-2;;;;;/h2-11H,1H3;4,6H,1-3H3;1-2H3;1H3;2*1H;;/q2*-1;;-1;;;;+3. The second-order valence-electron chi connectivity index (χ2n) is 6.61. The van der Waals surface area contributed by atoms with Crippen molar-refractivity contribution in [3.63, 3.8) is 0 Å². The summed E-state index contributed by atoms with van der Waals surface area (Å²) in [6.07, 6.45) is 5.52. The topological polar surface area (TPSA) is 0 Å². The van der Waals surface area contributed by atoms with E-state index in [0.717, 1.165) is 0 Å². The minimum atomic E-state index is 0. The summed E-state index contributed by atoms with van der Waals surface area (Å²) in [6, 6.07) is 21.6. The molecule has 0 spiro atoms. The van der Waals surface area contributed by atoms with Crippen LogP contribution in [0.15, 0.2) is 77.9 Å². The first kappa shape index (κ1) is 37.5. The normalized spacial score (nSPS) is 12.9. The molecule has 1 atom stereocenters. The van der Waals surface area contributed by atoms with Crippen LogP contribution < -0.4 is 0 Å². The first-order chi connectivity index (χ1) is 12.5. The molecule has 0 aliphatic heterocycles. The number of fused-ring (bicyclic) bond motifs is 1. The Hall–Kier alpha value is -0.790. The van der Waals surface area contributed by atoms with Gasteiger partial charge in [0.25, 0.3) is 0 Å². The van der Waals surface area contributed by atoms with Crippen LogP contribution in [0.5, 0.6) is 0 Å². The molecule has 1 unspecified atom stereocenters. The summed E-state index contributed by atoms with van der Waals surface area (Å²) in [5, 5.41) is 2.69. The van der Waals surface area contributed by atoms with Crippen molar-refractivity contribution in [1.82, 2.24) is 0 Å². The van der Waals surface area contributed by atoms with E-state index in [1.807, 2.05) is 13.8 Å². The molecule has 0 saturated heterocycles. The quantitative estimate of drug-likeness (QED) is 0.210. The first-order valence-corrected chi connectivity index (χ1v) is 9.55. The van der Waals surface area contributed by atoms with E-state index in [-0.39, 0.29) is 69.4 Å². The van der Waals surface area contributed by atoms with Crippen molar-refractivity contribution in [3.05, 3.63) is 97.0 Å². The Labute approximate surface area is 226 Å². The van der Waals surface area contributed by atoms with E-state index >= 15 is 0 Å². The van der Waals surface area contributed by atoms with Crippen LogP contribution in [0.4, 0.5) is 0 Å². The van der Waals surface area contributed by atoms with E-state index in [0.29, 0.717) is 5.92 Å². The van der Waals surface area contributed by atoms with Crippen LogP contribution in [0.2, 0.25) is 0 Å². The number of benzene rings is 2. The summed E-state index contributed by atoms with van der Waals surface area (Å²) >= 11 is 0. The predicted octanol–water partition coefficient (Wildman–Crippen LogP) is 8.80. The van der Waals surface area contributed by atoms with Gasteiger partial charge in [0.2, 0.25) is 0 Å². The van der Waals surface area contributed by atoms with Crippen molar-refractivity contribution >= 4 is 46.6 Å². The fraction of sp³-hybridized carbons (Fsp3) is 0.259. The Morgan fingerprint density at radius 3 is 1.90 bits per heavy atom. The Morgan fingerprint density at radius 1 is 0.871 bits per heavy atom. The Kier molecular flexibility index (Phi) is 22.7. The predicted molar refractivity (Wildman–Crippen MR) is 143 cm³/mol. The fourth-order valence-corrected chi connectivity index (χ4v) is 3.25. The van der Waals surface area contributed by atoms with Gasteiger partial charge in [0.05, 0.1) is 0 Å². The van der Waals surface area contributed by atoms with Gasteiger partial charge in [0.15, 0.2) is 0 Å². The molecule has 0 fully saturated rings. The smallest absolute Gasteiger partial charge is 0.358 e. The fourth-order valence-electron chi connectivity index (χ4n) is 3.25. The molecule has 1 aliphatic carbocycles. The Balaban J connectivity index is -0.000000214. The van der Waals surface area contributed by atoms with Crippen molar-refractivity contribution in [1.29, 1.82) is 0 Å². The van der Waals surface area contributed by atoms with Crippen LogP contribution in [-0.4, -0.2) is 11.0 Å². The van der Waals surface area contributed by atoms with Crippen LogP contribution >= 0.6 is 24.8 Å². The third kappa shape index (κ3) is 10.6. The first-order valence-electron chi connectivity index (χ1n) is 9.55. The zero-order valence-corrected chi connectivity index (χ0v) is 24.8. The van der Waals surface area contributed by atoms with Crippen LogP contribution in [0, 0.1) is 26.3 Å². The molecule has 31 heavy (non-hydrogen) atoms. The summed E-state index contributed by atoms with van der Waals surface area (Å²) in [5.74, 6) is 0.551. The molecular formula is C27H35Cl2SiZr. The van der Waals surface area contributed by atoms with Gasteiger partial charge in [-0.2, -0.15) is 12.1 Å². The summed E-state index contributed by atoms with van der Waals surface area (Å²) in [5.41, 5.74) is 6.65. The van der Waals surface area contributed by atoms with Crippen LogP contribution in [-0.2, 0) is 26.2 Å². The zero-order valence-electron chi connectivity index (χ0n) is 19.7. The molecule has 3 aromatic rings. The van der Waals surface area contributed by atoms with Gasteiger partial charge in [-0.15, -0.1) is 66.3 Å². The van der Waals surface area contributed by atoms with Crippen molar-refractivity contribution in [3.8, 4) is 11.1 Å². The largest absolute Gasteiger partial charge is 3.00 e. The van der Waals surface area contributed by atoms with Gasteiger partial charge in [0.1, 0.15) is 0 Å². The molecule has 0 heterocycles. The number of halogens is 2. The SMILES string of the molecule is CC.CC1=[C-]C(C)C=C1C.Cc1cc2c(-c3ccccc3)cccc2[cH-]1.Cl.Cl.[CH3-].[Si].[Zr+3]. The van der Waals surface area contributed by atoms with E-state index in [1.165, 1.54) is 38.6 Å². The molecule has 4 rings (SSSR count). The number of hydrogen-bond donors (Lipinski definition) is 0. The summed E-state index contributed by atoms with van der Waals surface area (Å²) in [6.45, 7) is 12.5. The number of allylic oxidation sites excluding steroid dienone is 4. The number of rotatable bonds is 1. The zero-order chi connectivity index (χ0) is 19.1. The third-order valence-corrected chi connectivity index (χ3v) is 4.52. The van der Waals surface area contributed by atoms with Gasteiger partial charge in [-0.3, -0.25) is 6.08 Å². The van der Waals surface area contributed by atoms with E-state index in [9.17, 15) is 0 Å². The molecule has 0 amide bonds. The molecule has 1 aliphatic rings. The maximum atomic E-state index is 3.29. The molecule has 0 saturated carbocycles. The second-order valence-corrected chi connectivity index (χ2v) is 6.61. The molecule has 0 bridgehead atoms. The Morgan fingerprint density at radius 2 is 1.45 bits per heavy atom. The van der Waals surface area contributed by atoms with Gasteiger partial charge < -0.3 is 7.43 Å². The van der Waals surface area contributed by atoms with Crippen LogP contribution in [0.25, 0.3) is 21.9 Å². The van der Waals surface area contributed by atoms with E-state index in [4.69, 9.17) is 0 Å². The maximum Gasteiger partial charge on any atom is 3.00 e. The van der Waals surface area contributed by atoms with E-state index in [1.54, 1.807) is 0 Å². The van der Waals surface area contributed by atoms with E-state index < -0.39 is 0 Å². The van der Waals surface area contributed by atoms with Crippen molar-refractivity contribution < 1.29 is 26.2 Å². The molecule has 4 heteroatoms. The molecule has 165 valence electrons. The molecule has 0 N–H and O–H groups in total. The van der Waals surface area contributed by atoms with Gasteiger partial charge in [-0.05, 0) is 5.56 Å². The van der Waals surface area contributed by atoms with Crippen LogP contribution in [0.3, 0.4) is 0 Å². The summed E-state index contributed by atoms with van der Waals surface area (Å²) < 4.78 is 0. The average Bonchev–Trinajstić information content (AvgIpc) is 3.17. The van der Waals surface area contributed by atoms with E-state index in [2.05, 4.69) is 101 Å². The maximum absolute atomic E-state index is 3.29. The summed E-state index contributed by atoms with van der Waals surface area (Å²) in [7, 11) is 0. The van der Waals surface area contributed by atoms with Crippen molar-refractivity contribution in [2.45, 2.75) is 41.5 Å². The summed E-state index contributed by atoms with van der Waals surface area (Å²) in [4.78, 5) is 0. The molecular weight excluding hydrogens is 515 g/mol. The molecule has 5 radical (unpaired) electrons. The minimum Gasteiger partial charge on any atom is -0.358 e. The van der Waals surface area contributed by atoms with Crippen molar-refractivity contribution in [2.24, 2.45) is 5.92 Å². The third-order valence-electron chi connectivity index (χ3n) is 4.52. The molecule has 3 aromatic carbocycles. The number of hydrogen-bond acceptors (Lipinski definition) is 0. The van der Waals surface area contributed by atoms with Crippen molar-refractivity contribution in [2.75, 3.05) is 0 Å². The molecule has 0 nitrogen and oxygen atoms in total. The second kappa shape index (κ2) is 18.8. The average molecular weight is 550 g/mol. The Bertz CT molecular complexity index is 893. The van der Waals surface area contributed by atoms with Gasteiger partial charge in [-0.25, -0.2) is 11.1 Å².